The van der Waals surface area contributed by atoms with Crippen LogP contribution in [0.4, 0.5) is 21.5 Å². The van der Waals surface area contributed by atoms with Gasteiger partial charge in [0.2, 0.25) is 0 Å². The van der Waals surface area contributed by atoms with Crippen molar-refractivity contribution in [3.8, 4) is 0 Å². The molecule has 0 aliphatic carbocycles. The summed E-state index contributed by atoms with van der Waals surface area (Å²) in [6.07, 6.45) is 0. The Morgan fingerprint density at radius 3 is 2.52 bits per heavy atom. The van der Waals surface area contributed by atoms with E-state index in [1.54, 1.807) is 34.7 Å². The highest BCUT2D eigenvalue weighted by atomic mass is 127. The van der Waals surface area contributed by atoms with E-state index < -0.39 is 10.7 Å². The summed E-state index contributed by atoms with van der Waals surface area (Å²) in [6, 6.07) is 9.28. The summed E-state index contributed by atoms with van der Waals surface area (Å²) in [6.45, 7) is 1.84. The second-order valence-corrected chi connectivity index (χ2v) is 5.74. The van der Waals surface area contributed by atoms with Crippen LogP contribution in [0.1, 0.15) is 18.5 Å². The molecule has 5 nitrogen and oxygen atoms in total. The highest BCUT2D eigenvalue weighted by molar-refractivity contribution is 14.1. The Labute approximate surface area is 134 Å². The van der Waals surface area contributed by atoms with E-state index in [1.807, 2.05) is 19.1 Å². The van der Waals surface area contributed by atoms with Crippen molar-refractivity contribution in [3.63, 3.8) is 0 Å². The first-order valence-electron chi connectivity index (χ1n) is 6.14. The molecule has 0 saturated heterocycles. The van der Waals surface area contributed by atoms with Crippen molar-refractivity contribution in [2.45, 2.75) is 13.0 Å². The molecule has 0 amide bonds. The molecule has 0 saturated carbocycles. The van der Waals surface area contributed by atoms with Crippen LogP contribution in [0.2, 0.25) is 0 Å². The Morgan fingerprint density at radius 1 is 1.33 bits per heavy atom. The van der Waals surface area contributed by atoms with E-state index in [0.717, 1.165) is 11.6 Å². The highest BCUT2D eigenvalue weighted by Gasteiger charge is 2.19. The zero-order chi connectivity index (χ0) is 15.6. The van der Waals surface area contributed by atoms with Crippen molar-refractivity contribution in [2.24, 2.45) is 0 Å². The summed E-state index contributed by atoms with van der Waals surface area (Å²) in [7, 11) is 0. The van der Waals surface area contributed by atoms with Gasteiger partial charge in [-0.1, -0.05) is 12.1 Å². The van der Waals surface area contributed by atoms with Crippen LogP contribution < -0.4 is 11.1 Å². The van der Waals surface area contributed by atoms with E-state index in [-0.39, 0.29) is 21.0 Å². The molecule has 2 aromatic rings. The second-order valence-electron chi connectivity index (χ2n) is 4.57. The molecule has 0 fully saturated rings. The quantitative estimate of drug-likeness (QED) is 0.350. The van der Waals surface area contributed by atoms with Gasteiger partial charge in [0.25, 0.3) is 5.69 Å². The zero-order valence-corrected chi connectivity index (χ0v) is 13.3. The second kappa shape index (κ2) is 6.25. The van der Waals surface area contributed by atoms with E-state index in [0.29, 0.717) is 5.69 Å². The number of nitrogen functional groups attached to an aromatic ring is 1. The molecule has 0 radical (unpaired) electrons. The number of halogens is 2. The number of anilines is 2. The fourth-order valence-corrected chi connectivity index (χ4v) is 2.35. The predicted molar refractivity (Wildman–Crippen MR) is 88.7 cm³/mol. The Hall–Kier alpha value is -1.90. The number of nitrogens with two attached hydrogens (primary N) is 1. The van der Waals surface area contributed by atoms with Crippen LogP contribution in [0.25, 0.3) is 0 Å². The third kappa shape index (κ3) is 3.60. The van der Waals surface area contributed by atoms with Gasteiger partial charge >= 0.3 is 0 Å². The Kier molecular flexibility index (Phi) is 4.61. The lowest BCUT2D eigenvalue weighted by Crippen LogP contribution is -2.09. The van der Waals surface area contributed by atoms with E-state index in [1.165, 1.54) is 6.07 Å². The van der Waals surface area contributed by atoms with Crippen molar-refractivity contribution in [3.05, 3.63) is 61.5 Å². The summed E-state index contributed by atoms with van der Waals surface area (Å²) in [5.41, 5.74) is 7.16. The largest absolute Gasteiger partial charge is 0.399 e. The normalized spacial score (nSPS) is 12.0. The molecular formula is C14H13FIN3O2. The molecule has 1 unspecified atom stereocenters. The average molecular weight is 401 g/mol. The van der Waals surface area contributed by atoms with Crippen molar-refractivity contribution >= 4 is 39.7 Å². The first kappa shape index (κ1) is 15.5. The molecule has 0 heterocycles. The molecule has 0 aliphatic heterocycles. The van der Waals surface area contributed by atoms with Crippen LogP contribution in [0.5, 0.6) is 0 Å². The number of nitrogens with one attached hydrogen (secondary N) is 1. The van der Waals surface area contributed by atoms with Crippen molar-refractivity contribution in [2.75, 3.05) is 11.1 Å². The minimum atomic E-state index is -0.528. The van der Waals surface area contributed by atoms with E-state index in [4.69, 9.17) is 5.73 Å². The third-order valence-electron chi connectivity index (χ3n) is 3.04. The van der Waals surface area contributed by atoms with Crippen LogP contribution in [-0.4, -0.2) is 4.92 Å². The first-order valence-corrected chi connectivity index (χ1v) is 7.21. The molecule has 21 heavy (non-hydrogen) atoms. The summed E-state index contributed by atoms with van der Waals surface area (Å²) in [5, 5.41) is 14.0. The number of rotatable bonds is 4. The number of nitro benzene ring substituents is 1. The van der Waals surface area contributed by atoms with Crippen LogP contribution in [0.3, 0.4) is 0 Å². The van der Waals surface area contributed by atoms with Crippen molar-refractivity contribution < 1.29 is 9.31 Å². The smallest absolute Gasteiger partial charge is 0.293 e. The lowest BCUT2D eigenvalue weighted by atomic mass is 10.1. The lowest BCUT2D eigenvalue weighted by Gasteiger charge is -2.16. The topological polar surface area (TPSA) is 81.2 Å². The van der Waals surface area contributed by atoms with Crippen LogP contribution in [-0.2, 0) is 0 Å². The average Bonchev–Trinajstić information content (AvgIpc) is 2.43. The number of nitrogens with zero attached hydrogens (tertiary/aromatic N) is 1. The van der Waals surface area contributed by atoms with E-state index in [9.17, 15) is 14.5 Å². The van der Waals surface area contributed by atoms with E-state index >= 15 is 0 Å². The fourth-order valence-electron chi connectivity index (χ4n) is 1.90. The molecule has 3 N–H and O–H groups in total. The minimum absolute atomic E-state index is 0.150. The standard InChI is InChI=1S/C14H13FIN3O2/c1-8(9-2-4-10(17)5-3-9)18-13-6-11(15)12(16)7-14(13)19(20)21/h2-8,18H,17H2,1H3. The van der Waals surface area contributed by atoms with Gasteiger partial charge in [-0.15, -0.1) is 0 Å². The molecule has 0 bridgehead atoms. The van der Waals surface area contributed by atoms with Gasteiger partial charge in [0.15, 0.2) is 0 Å². The van der Waals surface area contributed by atoms with Gasteiger partial charge in [0.05, 0.1) is 8.49 Å². The molecule has 1 atom stereocenters. The number of hydrogen-bond acceptors (Lipinski definition) is 4. The van der Waals surface area contributed by atoms with E-state index in [2.05, 4.69) is 5.32 Å². The molecule has 2 aromatic carbocycles. The zero-order valence-electron chi connectivity index (χ0n) is 11.1. The fraction of sp³-hybridized carbons (Fsp3) is 0.143. The monoisotopic (exact) mass is 401 g/mol. The summed E-state index contributed by atoms with van der Waals surface area (Å²) in [5.74, 6) is -0.492. The Balaban J connectivity index is 2.32. The molecule has 0 aliphatic rings. The first-order chi connectivity index (χ1) is 9.88. The van der Waals surface area contributed by atoms with Gasteiger partial charge in [-0.2, -0.15) is 0 Å². The van der Waals surface area contributed by atoms with Crippen molar-refractivity contribution in [1.29, 1.82) is 0 Å². The predicted octanol–water partition coefficient (Wildman–Crippen LogP) is 4.09. The van der Waals surface area contributed by atoms with Crippen LogP contribution >= 0.6 is 22.6 Å². The van der Waals surface area contributed by atoms with Gasteiger partial charge in [-0.25, -0.2) is 4.39 Å². The van der Waals surface area contributed by atoms with Crippen molar-refractivity contribution in [1.82, 2.24) is 0 Å². The number of hydrogen-bond donors (Lipinski definition) is 2. The SMILES string of the molecule is CC(Nc1cc(F)c(I)cc1[N+](=O)[O-])c1ccc(N)cc1. The van der Waals surface area contributed by atoms with Gasteiger partial charge in [0, 0.05) is 23.9 Å². The summed E-state index contributed by atoms with van der Waals surface area (Å²) < 4.78 is 13.9. The minimum Gasteiger partial charge on any atom is -0.399 e. The maximum atomic E-state index is 13.6. The Morgan fingerprint density at radius 2 is 1.95 bits per heavy atom. The summed E-state index contributed by atoms with van der Waals surface area (Å²) in [4.78, 5) is 10.5. The van der Waals surface area contributed by atoms with Crippen LogP contribution in [0.15, 0.2) is 36.4 Å². The molecule has 2 rings (SSSR count). The number of benzene rings is 2. The molecule has 0 aromatic heterocycles. The van der Waals surface area contributed by atoms with Gasteiger partial charge in [-0.3, -0.25) is 10.1 Å². The molecular weight excluding hydrogens is 388 g/mol. The van der Waals surface area contributed by atoms with Gasteiger partial charge in [0.1, 0.15) is 11.5 Å². The third-order valence-corrected chi connectivity index (χ3v) is 3.87. The molecule has 0 spiro atoms. The molecule has 110 valence electrons. The lowest BCUT2D eigenvalue weighted by molar-refractivity contribution is -0.384. The van der Waals surface area contributed by atoms with Gasteiger partial charge < -0.3 is 11.1 Å². The summed E-state index contributed by atoms with van der Waals surface area (Å²) >= 11 is 1.73. The van der Waals surface area contributed by atoms with Gasteiger partial charge in [-0.05, 0) is 47.2 Å². The maximum Gasteiger partial charge on any atom is 0.293 e. The van der Waals surface area contributed by atoms with Crippen LogP contribution in [0, 0.1) is 19.5 Å². The number of nitro groups is 1. The highest BCUT2D eigenvalue weighted by Crippen LogP contribution is 2.31. The molecule has 7 heteroatoms. The maximum absolute atomic E-state index is 13.6. The Bertz CT molecular complexity index is 677.